The molecule has 0 aromatic carbocycles. The van der Waals surface area contributed by atoms with E-state index in [2.05, 4.69) is 20.9 Å². The first kappa shape index (κ1) is 10.2. The SMILES string of the molecule is Cc1nc(Br)oc1CC(C)C(=O)O. The Kier molecular flexibility index (Phi) is 3.08. The number of halogens is 1. The number of carbonyl (C=O) groups is 1. The van der Waals surface area contributed by atoms with Gasteiger partial charge in [0.1, 0.15) is 5.76 Å². The van der Waals surface area contributed by atoms with Crippen LogP contribution in [0.15, 0.2) is 9.22 Å². The molecular formula is C8H10BrNO3. The van der Waals surface area contributed by atoms with Gasteiger partial charge in [-0.3, -0.25) is 4.79 Å². The van der Waals surface area contributed by atoms with Gasteiger partial charge in [0.2, 0.25) is 0 Å². The van der Waals surface area contributed by atoms with Crippen molar-refractivity contribution in [2.75, 3.05) is 0 Å². The van der Waals surface area contributed by atoms with Crippen LogP contribution in [0.1, 0.15) is 18.4 Å². The number of aromatic nitrogens is 1. The summed E-state index contributed by atoms with van der Waals surface area (Å²) in [5.74, 6) is -0.646. The topological polar surface area (TPSA) is 63.3 Å². The van der Waals surface area contributed by atoms with Gasteiger partial charge < -0.3 is 9.52 Å². The smallest absolute Gasteiger partial charge is 0.306 e. The second kappa shape index (κ2) is 3.91. The largest absolute Gasteiger partial charge is 0.481 e. The molecule has 0 amide bonds. The van der Waals surface area contributed by atoms with E-state index in [9.17, 15) is 4.79 Å². The summed E-state index contributed by atoms with van der Waals surface area (Å²) in [6, 6.07) is 0. The molecule has 0 aliphatic carbocycles. The van der Waals surface area contributed by atoms with Gasteiger partial charge in [0.05, 0.1) is 11.6 Å². The third-order valence-corrected chi connectivity index (χ3v) is 2.12. The molecule has 0 aliphatic rings. The second-order valence-electron chi connectivity index (χ2n) is 2.92. The van der Waals surface area contributed by atoms with Crippen molar-refractivity contribution in [1.29, 1.82) is 0 Å². The van der Waals surface area contributed by atoms with E-state index in [-0.39, 0.29) is 0 Å². The molecular weight excluding hydrogens is 238 g/mol. The van der Waals surface area contributed by atoms with Crippen LogP contribution >= 0.6 is 15.9 Å². The van der Waals surface area contributed by atoms with E-state index in [0.29, 0.717) is 17.0 Å². The van der Waals surface area contributed by atoms with Gasteiger partial charge in [-0.15, -0.1) is 0 Å². The van der Waals surface area contributed by atoms with Crippen molar-refractivity contribution in [3.05, 3.63) is 16.3 Å². The molecule has 1 heterocycles. The van der Waals surface area contributed by atoms with Crippen LogP contribution in [-0.2, 0) is 11.2 Å². The number of aliphatic carboxylic acids is 1. The van der Waals surface area contributed by atoms with Gasteiger partial charge in [-0.1, -0.05) is 6.92 Å². The fourth-order valence-electron chi connectivity index (χ4n) is 0.947. The average molecular weight is 248 g/mol. The summed E-state index contributed by atoms with van der Waals surface area (Å²) in [6.07, 6.45) is 0.375. The highest BCUT2D eigenvalue weighted by Gasteiger charge is 2.16. The van der Waals surface area contributed by atoms with Gasteiger partial charge in [0.25, 0.3) is 4.80 Å². The van der Waals surface area contributed by atoms with E-state index in [4.69, 9.17) is 9.52 Å². The lowest BCUT2D eigenvalue weighted by Crippen LogP contribution is -2.12. The molecule has 0 radical (unpaired) electrons. The van der Waals surface area contributed by atoms with Crippen molar-refractivity contribution in [3.8, 4) is 0 Å². The lowest BCUT2D eigenvalue weighted by Gasteiger charge is -2.02. The van der Waals surface area contributed by atoms with Crippen molar-refractivity contribution in [2.24, 2.45) is 5.92 Å². The van der Waals surface area contributed by atoms with E-state index < -0.39 is 11.9 Å². The van der Waals surface area contributed by atoms with Crippen molar-refractivity contribution in [3.63, 3.8) is 0 Å². The molecule has 1 unspecified atom stereocenters. The number of oxazole rings is 1. The third kappa shape index (κ3) is 2.55. The number of carboxylic acids is 1. The summed E-state index contributed by atoms with van der Waals surface area (Å²) in [5, 5.41) is 8.67. The van der Waals surface area contributed by atoms with Crippen molar-refractivity contribution < 1.29 is 14.3 Å². The monoisotopic (exact) mass is 247 g/mol. The summed E-state index contributed by atoms with van der Waals surface area (Å²) < 4.78 is 5.18. The Morgan fingerprint density at radius 1 is 1.77 bits per heavy atom. The van der Waals surface area contributed by atoms with Crippen molar-refractivity contribution in [1.82, 2.24) is 4.98 Å². The summed E-state index contributed by atoms with van der Waals surface area (Å²) in [6.45, 7) is 3.43. The second-order valence-corrected chi connectivity index (χ2v) is 3.60. The van der Waals surface area contributed by atoms with Gasteiger partial charge >= 0.3 is 5.97 Å². The molecule has 1 rings (SSSR count). The predicted molar refractivity (Wildman–Crippen MR) is 49.4 cm³/mol. The van der Waals surface area contributed by atoms with E-state index in [1.165, 1.54) is 0 Å². The lowest BCUT2D eigenvalue weighted by atomic mass is 10.1. The minimum atomic E-state index is -0.827. The Labute approximate surface area is 84.1 Å². The minimum Gasteiger partial charge on any atom is -0.481 e. The Morgan fingerprint density at radius 3 is 2.77 bits per heavy atom. The van der Waals surface area contributed by atoms with Gasteiger partial charge in [-0.05, 0) is 6.92 Å². The highest BCUT2D eigenvalue weighted by Crippen LogP contribution is 2.18. The zero-order valence-electron chi connectivity index (χ0n) is 7.37. The van der Waals surface area contributed by atoms with Crippen molar-refractivity contribution in [2.45, 2.75) is 20.3 Å². The van der Waals surface area contributed by atoms with Crippen molar-refractivity contribution >= 4 is 21.9 Å². The quantitative estimate of drug-likeness (QED) is 0.888. The summed E-state index contributed by atoms with van der Waals surface area (Å²) >= 11 is 3.08. The first-order valence-electron chi connectivity index (χ1n) is 3.85. The predicted octanol–water partition coefficient (Wildman–Crippen LogP) is 2.01. The zero-order chi connectivity index (χ0) is 10.0. The molecule has 0 saturated carbocycles. The lowest BCUT2D eigenvalue weighted by molar-refractivity contribution is -0.141. The van der Waals surface area contributed by atoms with Crippen LogP contribution in [0.25, 0.3) is 0 Å². The molecule has 1 N–H and O–H groups in total. The number of carboxylic acid groups (broad SMARTS) is 1. The molecule has 0 saturated heterocycles. The molecule has 0 fully saturated rings. The minimum absolute atomic E-state index is 0.375. The summed E-state index contributed by atoms with van der Waals surface area (Å²) in [5.41, 5.74) is 0.736. The first-order valence-corrected chi connectivity index (χ1v) is 4.64. The molecule has 0 spiro atoms. The molecule has 0 aliphatic heterocycles. The maximum atomic E-state index is 10.5. The average Bonchev–Trinajstić information content (AvgIpc) is 2.30. The van der Waals surface area contributed by atoms with Crippen LogP contribution in [-0.4, -0.2) is 16.1 Å². The van der Waals surface area contributed by atoms with E-state index in [0.717, 1.165) is 5.69 Å². The molecule has 1 atom stereocenters. The molecule has 4 nitrogen and oxygen atoms in total. The van der Waals surface area contributed by atoms with Crippen LogP contribution in [0, 0.1) is 12.8 Å². The van der Waals surface area contributed by atoms with Gasteiger partial charge in [-0.2, -0.15) is 0 Å². The van der Waals surface area contributed by atoms with Crippen LogP contribution in [0.5, 0.6) is 0 Å². The summed E-state index contributed by atoms with van der Waals surface area (Å²) in [4.78, 5) is 14.9. The Bertz CT molecular complexity index is 321. The maximum absolute atomic E-state index is 10.5. The highest BCUT2D eigenvalue weighted by molar-refractivity contribution is 9.10. The molecule has 0 bridgehead atoms. The normalized spacial score (nSPS) is 12.8. The molecule has 1 aromatic rings. The van der Waals surface area contributed by atoms with E-state index in [1.807, 2.05) is 0 Å². The molecule has 72 valence electrons. The van der Waals surface area contributed by atoms with E-state index >= 15 is 0 Å². The standard InChI is InChI=1S/C8H10BrNO3/c1-4(7(11)12)3-6-5(2)10-8(9)13-6/h4H,3H2,1-2H3,(H,11,12). The number of nitrogens with zero attached hydrogens (tertiary/aromatic N) is 1. The number of rotatable bonds is 3. The fraction of sp³-hybridized carbons (Fsp3) is 0.500. The Hall–Kier alpha value is -0.840. The number of hydrogen-bond acceptors (Lipinski definition) is 3. The first-order chi connectivity index (χ1) is 6.00. The molecule has 13 heavy (non-hydrogen) atoms. The number of hydrogen-bond donors (Lipinski definition) is 1. The maximum Gasteiger partial charge on any atom is 0.306 e. The summed E-state index contributed by atoms with van der Waals surface area (Å²) in [7, 11) is 0. The Balaban J connectivity index is 2.74. The van der Waals surface area contributed by atoms with Crippen LogP contribution in [0.4, 0.5) is 0 Å². The van der Waals surface area contributed by atoms with Gasteiger partial charge in [0.15, 0.2) is 0 Å². The Morgan fingerprint density at radius 2 is 2.38 bits per heavy atom. The highest BCUT2D eigenvalue weighted by atomic mass is 79.9. The zero-order valence-corrected chi connectivity index (χ0v) is 8.96. The van der Waals surface area contributed by atoms with Crippen LogP contribution in [0.3, 0.4) is 0 Å². The fourth-order valence-corrected chi connectivity index (χ4v) is 1.41. The van der Waals surface area contributed by atoms with E-state index in [1.54, 1.807) is 13.8 Å². The van der Waals surface area contributed by atoms with Gasteiger partial charge in [0, 0.05) is 22.4 Å². The molecule has 1 aromatic heterocycles. The van der Waals surface area contributed by atoms with Crippen LogP contribution < -0.4 is 0 Å². The molecule has 5 heteroatoms. The number of aryl methyl sites for hydroxylation is 1. The third-order valence-electron chi connectivity index (χ3n) is 1.78. The van der Waals surface area contributed by atoms with Crippen LogP contribution in [0.2, 0.25) is 0 Å². The van der Waals surface area contributed by atoms with Gasteiger partial charge in [-0.25, -0.2) is 4.98 Å².